The van der Waals surface area contributed by atoms with Gasteiger partial charge in [0.05, 0.1) is 0 Å². The Morgan fingerprint density at radius 3 is 3.00 bits per heavy atom. The lowest BCUT2D eigenvalue weighted by Gasteiger charge is -2.24. The molecule has 0 radical (unpaired) electrons. The molecule has 1 aromatic heterocycles. The Balaban J connectivity index is 1.58. The summed E-state index contributed by atoms with van der Waals surface area (Å²) in [6, 6.07) is 10.0. The molecular weight excluding hydrogens is 246 g/mol. The van der Waals surface area contributed by atoms with E-state index in [2.05, 4.69) is 39.5 Å². The van der Waals surface area contributed by atoms with Gasteiger partial charge in [-0.3, -0.25) is 9.88 Å². The molecule has 3 heterocycles. The summed E-state index contributed by atoms with van der Waals surface area (Å²) < 4.78 is 0. The summed E-state index contributed by atoms with van der Waals surface area (Å²) in [6.07, 6.45) is 8.00. The molecule has 1 N–H and O–H groups in total. The van der Waals surface area contributed by atoms with Crippen molar-refractivity contribution in [2.45, 2.75) is 37.9 Å². The van der Waals surface area contributed by atoms with Crippen molar-refractivity contribution in [3.63, 3.8) is 0 Å². The molecule has 0 spiro atoms. The third-order valence-corrected chi connectivity index (χ3v) is 4.75. The maximum atomic E-state index is 4.41. The summed E-state index contributed by atoms with van der Waals surface area (Å²) in [5, 5.41) is 6.35. The second-order valence-corrected chi connectivity index (χ2v) is 6.18. The van der Waals surface area contributed by atoms with Gasteiger partial charge in [-0.2, -0.15) is 0 Å². The molecule has 0 aliphatic carbocycles. The predicted octanol–water partition coefficient (Wildman–Crippen LogP) is 2.56. The third-order valence-electron chi connectivity index (χ3n) is 4.75. The molecule has 2 fully saturated rings. The van der Waals surface area contributed by atoms with Crippen molar-refractivity contribution >= 4 is 10.8 Å². The molecule has 0 saturated carbocycles. The van der Waals surface area contributed by atoms with Gasteiger partial charge in [-0.05, 0) is 30.2 Å². The summed E-state index contributed by atoms with van der Waals surface area (Å²) in [7, 11) is 0. The summed E-state index contributed by atoms with van der Waals surface area (Å²) in [5.41, 5.74) is 1.36. The largest absolute Gasteiger partial charge is 0.310 e. The number of pyridine rings is 1. The number of nitrogens with one attached hydrogen (secondary N) is 1. The molecule has 0 amide bonds. The van der Waals surface area contributed by atoms with Crippen LogP contribution in [0.4, 0.5) is 0 Å². The third kappa shape index (κ3) is 2.32. The SMILES string of the molecule is c1ccc2c(CN3CCC4CCC(C3)N4)cncc2c1. The number of nitrogens with zero attached hydrogens (tertiary/aromatic N) is 2. The highest BCUT2D eigenvalue weighted by Crippen LogP contribution is 2.23. The Hall–Kier alpha value is -1.45. The van der Waals surface area contributed by atoms with Crippen molar-refractivity contribution in [1.29, 1.82) is 0 Å². The van der Waals surface area contributed by atoms with E-state index in [0.717, 1.165) is 12.6 Å². The molecule has 3 nitrogen and oxygen atoms in total. The molecule has 2 aromatic rings. The van der Waals surface area contributed by atoms with Crippen LogP contribution in [0.5, 0.6) is 0 Å². The van der Waals surface area contributed by atoms with Gasteiger partial charge in [-0.25, -0.2) is 0 Å². The van der Waals surface area contributed by atoms with E-state index in [1.54, 1.807) is 0 Å². The van der Waals surface area contributed by atoms with E-state index in [4.69, 9.17) is 0 Å². The van der Waals surface area contributed by atoms with Crippen LogP contribution in [-0.2, 0) is 6.54 Å². The van der Waals surface area contributed by atoms with Crippen LogP contribution in [0.1, 0.15) is 24.8 Å². The first-order valence-electron chi connectivity index (χ1n) is 7.68. The quantitative estimate of drug-likeness (QED) is 0.906. The van der Waals surface area contributed by atoms with Crippen LogP contribution in [-0.4, -0.2) is 35.1 Å². The lowest BCUT2D eigenvalue weighted by atomic mass is 10.1. The lowest BCUT2D eigenvalue weighted by molar-refractivity contribution is 0.251. The number of aromatic nitrogens is 1. The monoisotopic (exact) mass is 267 g/mol. The molecule has 2 aliphatic heterocycles. The van der Waals surface area contributed by atoms with E-state index in [0.29, 0.717) is 6.04 Å². The van der Waals surface area contributed by atoms with Gasteiger partial charge in [-0.1, -0.05) is 24.3 Å². The average molecular weight is 267 g/mol. The van der Waals surface area contributed by atoms with Crippen molar-refractivity contribution in [2.24, 2.45) is 0 Å². The topological polar surface area (TPSA) is 28.2 Å². The zero-order valence-electron chi connectivity index (χ0n) is 11.8. The van der Waals surface area contributed by atoms with Crippen LogP contribution in [0.25, 0.3) is 10.8 Å². The Bertz CT molecular complexity index is 605. The van der Waals surface area contributed by atoms with E-state index >= 15 is 0 Å². The fourth-order valence-corrected chi connectivity index (χ4v) is 3.71. The van der Waals surface area contributed by atoms with Gasteiger partial charge in [0.25, 0.3) is 0 Å². The van der Waals surface area contributed by atoms with E-state index in [9.17, 15) is 0 Å². The normalized spacial score (nSPS) is 26.8. The highest BCUT2D eigenvalue weighted by Gasteiger charge is 2.29. The first-order valence-corrected chi connectivity index (χ1v) is 7.68. The molecule has 4 rings (SSSR count). The Kier molecular flexibility index (Phi) is 3.17. The standard InChI is InChI=1S/C17H21N3/c1-2-4-17-13(3-1)9-18-10-14(17)11-20-8-7-15-5-6-16(12-20)19-15/h1-4,9-10,15-16,19H,5-8,11-12H2. The first kappa shape index (κ1) is 12.3. The number of benzene rings is 1. The molecule has 1 aromatic carbocycles. The minimum Gasteiger partial charge on any atom is -0.310 e. The van der Waals surface area contributed by atoms with Gasteiger partial charge >= 0.3 is 0 Å². The van der Waals surface area contributed by atoms with Gasteiger partial charge in [0.2, 0.25) is 0 Å². The number of hydrogen-bond acceptors (Lipinski definition) is 3. The van der Waals surface area contributed by atoms with Crippen molar-refractivity contribution in [3.8, 4) is 0 Å². The van der Waals surface area contributed by atoms with Gasteiger partial charge in [0.15, 0.2) is 0 Å². The fourth-order valence-electron chi connectivity index (χ4n) is 3.71. The molecule has 104 valence electrons. The molecule has 2 unspecified atom stereocenters. The van der Waals surface area contributed by atoms with Crippen molar-refractivity contribution in [3.05, 3.63) is 42.2 Å². The van der Waals surface area contributed by atoms with Crippen molar-refractivity contribution < 1.29 is 0 Å². The molecule has 2 bridgehead atoms. The molecule has 2 atom stereocenters. The van der Waals surface area contributed by atoms with Crippen LogP contribution in [0.15, 0.2) is 36.7 Å². The summed E-state index contributed by atoms with van der Waals surface area (Å²) in [5.74, 6) is 0. The minimum absolute atomic E-state index is 0.699. The van der Waals surface area contributed by atoms with Crippen LogP contribution in [0.2, 0.25) is 0 Å². The molecule has 20 heavy (non-hydrogen) atoms. The zero-order valence-corrected chi connectivity index (χ0v) is 11.8. The summed E-state index contributed by atoms with van der Waals surface area (Å²) in [4.78, 5) is 7.00. The lowest BCUT2D eigenvalue weighted by Crippen LogP contribution is -2.35. The fraction of sp³-hybridized carbons (Fsp3) is 0.471. The van der Waals surface area contributed by atoms with Gasteiger partial charge < -0.3 is 5.32 Å². The van der Waals surface area contributed by atoms with Crippen LogP contribution >= 0.6 is 0 Å². The maximum absolute atomic E-state index is 4.41. The van der Waals surface area contributed by atoms with Crippen LogP contribution < -0.4 is 5.32 Å². The van der Waals surface area contributed by atoms with E-state index in [1.165, 1.54) is 48.7 Å². The second kappa shape index (κ2) is 5.15. The highest BCUT2D eigenvalue weighted by atomic mass is 15.2. The summed E-state index contributed by atoms with van der Waals surface area (Å²) >= 11 is 0. The van der Waals surface area contributed by atoms with E-state index in [1.807, 2.05) is 12.4 Å². The smallest absolute Gasteiger partial charge is 0.0346 e. The zero-order chi connectivity index (χ0) is 13.4. The number of likely N-dealkylation sites (tertiary alicyclic amines) is 1. The van der Waals surface area contributed by atoms with Crippen LogP contribution in [0.3, 0.4) is 0 Å². The number of hydrogen-bond donors (Lipinski definition) is 1. The van der Waals surface area contributed by atoms with E-state index < -0.39 is 0 Å². The Morgan fingerprint density at radius 2 is 2.00 bits per heavy atom. The Morgan fingerprint density at radius 1 is 1.10 bits per heavy atom. The predicted molar refractivity (Wildman–Crippen MR) is 81.6 cm³/mol. The minimum atomic E-state index is 0.699. The van der Waals surface area contributed by atoms with Gasteiger partial charge in [0.1, 0.15) is 0 Å². The molecule has 2 aliphatic rings. The Labute approximate surface area is 120 Å². The van der Waals surface area contributed by atoms with Crippen molar-refractivity contribution in [1.82, 2.24) is 15.2 Å². The van der Waals surface area contributed by atoms with Crippen LogP contribution in [0, 0.1) is 0 Å². The molecule has 3 heteroatoms. The number of rotatable bonds is 2. The average Bonchev–Trinajstić information content (AvgIpc) is 2.82. The van der Waals surface area contributed by atoms with Crippen molar-refractivity contribution in [2.75, 3.05) is 13.1 Å². The summed E-state index contributed by atoms with van der Waals surface area (Å²) in [6.45, 7) is 3.41. The molecule has 2 saturated heterocycles. The van der Waals surface area contributed by atoms with E-state index in [-0.39, 0.29) is 0 Å². The highest BCUT2D eigenvalue weighted by molar-refractivity contribution is 5.84. The maximum Gasteiger partial charge on any atom is 0.0346 e. The number of fused-ring (bicyclic) bond motifs is 3. The van der Waals surface area contributed by atoms with Gasteiger partial charge in [-0.15, -0.1) is 0 Å². The van der Waals surface area contributed by atoms with Gasteiger partial charge in [0, 0.05) is 49.5 Å². The first-order chi connectivity index (χ1) is 9.88. The molecular formula is C17H21N3. The second-order valence-electron chi connectivity index (χ2n) is 6.18.